The van der Waals surface area contributed by atoms with Gasteiger partial charge >= 0.3 is 0 Å². The summed E-state index contributed by atoms with van der Waals surface area (Å²) in [5.41, 5.74) is 1.97. The predicted octanol–water partition coefficient (Wildman–Crippen LogP) is 2.59. The van der Waals surface area contributed by atoms with E-state index in [1.165, 1.54) is 4.90 Å². The maximum atomic E-state index is 12.5. The van der Waals surface area contributed by atoms with Crippen molar-refractivity contribution in [2.24, 2.45) is 0 Å². The molecule has 0 spiro atoms. The van der Waals surface area contributed by atoms with E-state index in [0.29, 0.717) is 17.0 Å². The second-order valence-electron chi connectivity index (χ2n) is 5.94. The maximum absolute atomic E-state index is 12.5. The van der Waals surface area contributed by atoms with E-state index >= 15 is 0 Å². The Balaban J connectivity index is 1.60. The molecule has 7 heteroatoms. The summed E-state index contributed by atoms with van der Waals surface area (Å²) < 4.78 is 6.84. The van der Waals surface area contributed by atoms with Crippen molar-refractivity contribution < 1.29 is 14.3 Å². The molecule has 0 aliphatic rings. The zero-order valence-corrected chi connectivity index (χ0v) is 15.1. The molecule has 138 valence electrons. The molecule has 3 aromatic rings. The number of rotatable bonds is 6. The smallest absolute Gasteiger partial charge is 0.254 e. The van der Waals surface area contributed by atoms with Crippen LogP contribution in [0.15, 0.2) is 67.0 Å². The molecule has 2 aromatic carbocycles. The van der Waals surface area contributed by atoms with Gasteiger partial charge in [-0.15, -0.1) is 0 Å². The Kier molecular flexibility index (Phi) is 5.51. The fourth-order valence-corrected chi connectivity index (χ4v) is 2.59. The van der Waals surface area contributed by atoms with Gasteiger partial charge in [-0.25, -0.2) is 4.68 Å². The van der Waals surface area contributed by atoms with Crippen molar-refractivity contribution in [3.63, 3.8) is 0 Å². The van der Waals surface area contributed by atoms with Crippen molar-refractivity contribution in [2.75, 3.05) is 26.0 Å². The minimum absolute atomic E-state index is 0.0586. The van der Waals surface area contributed by atoms with E-state index in [9.17, 15) is 9.59 Å². The largest absolute Gasteiger partial charge is 0.497 e. The summed E-state index contributed by atoms with van der Waals surface area (Å²) in [6.45, 7) is -0.0586. The van der Waals surface area contributed by atoms with Crippen molar-refractivity contribution in [3.05, 3.63) is 72.6 Å². The van der Waals surface area contributed by atoms with Crippen LogP contribution in [0.2, 0.25) is 0 Å². The van der Waals surface area contributed by atoms with E-state index in [0.717, 1.165) is 5.69 Å². The number of nitrogens with one attached hydrogen (secondary N) is 1. The molecule has 1 aromatic heterocycles. The van der Waals surface area contributed by atoms with Gasteiger partial charge in [0.25, 0.3) is 5.91 Å². The molecule has 0 fully saturated rings. The molecule has 0 bridgehead atoms. The first kappa shape index (κ1) is 18.2. The molecule has 27 heavy (non-hydrogen) atoms. The molecule has 0 aliphatic heterocycles. The Bertz CT molecular complexity index is 921. The van der Waals surface area contributed by atoms with Crippen LogP contribution in [0.5, 0.6) is 5.75 Å². The summed E-state index contributed by atoms with van der Waals surface area (Å²) >= 11 is 0. The Morgan fingerprint density at radius 1 is 1.15 bits per heavy atom. The molecule has 2 amide bonds. The summed E-state index contributed by atoms with van der Waals surface area (Å²) in [6, 6.07) is 15.9. The number of hydrogen-bond donors (Lipinski definition) is 1. The van der Waals surface area contributed by atoms with Crippen molar-refractivity contribution >= 4 is 17.5 Å². The normalized spacial score (nSPS) is 10.3. The van der Waals surface area contributed by atoms with Gasteiger partial charge in [-0.1, -0.05) is 6.07 Å². The molecule has 0 aliphatic carbocycles. The monoisotopic (exact) mass is 364 g/mol. The third-order valence-electron chi connectivity index (χ3n) is 3.96. The third-order valence-corrected chi connectivity index (χ3v) is 3.96. The predicted molar refractivity (Wildman–Crippen MR) is 102 cm³/mol. The number of amides is 2. The van der Waals surface area contributed by atoms with Crippen LogP contribution in [0.1, 0.15) is 10.4 Å². The highest BCUT2D eigenvalue weighted by Crippen LogP contribution is 2.16. The number of nitrogens with zero attached hydrogens (tertiary/aromatic N) is 3. The van der Waals surface area contributed by atoms with E-state index in [2.05, 4.69) is 10.4 Å². The minimum Gasteiger partial charge on any atom is -0.497 e. The van der Waals surface area contributed by atoms with Crippen LogP contribution in [0.4, 0.5) is 5.69 Å². The van der Waals surface area contributed by atoms with Crippen LogP contribution >= 0.6 is 0 Å². The highest BCUT2D eigenvalue weighted by molar-refractivity contribution is 5.99. The second kappa shape index (κ2) is 8.18. The van der Waals surface area contributed by atoms with Crippen molar-refractivity contribution in [3.8, 4) is 11.4 Å². The maximum Gasteiger partial charge on any atom is 0.254 e. The first-order valence-electron chi connectivity index (χ1n) is 8.36. The molecular weight excluding hydrogens is 344 g/mol. The van der Waals surface area contributed by atoms with Crippen LogP contribution in [0, 0.1) is 0 Å². The summed E-state index contributed by atoms with van der Waals surface area (Å²) in [6.07, 6.45) is 3.51. The number of methoxy groups -OCH3 is 1. The third kappa shape index (κ3) is 4.52. The van der Waals surface area contributed by atoms with Gasteiger partial charge in [0.2, 0.25) is 5.91 Å². The molecule has 1 N–H and O–H groups in total. The van der Waals surface area contributed by atoms with Crippen LogP contribution in [0.3, 0.4) is 0 Å². The molecule has 0 radical (unpaired) electrons. The molecular formula is C20H20N4O3. The number of hydrogen-bond acceptors (Lipinski definition) is 4. The van der Waals surface area contributed by atoms with E-state index in [1.807, 2.05) is 24.4 Å². The number of anilines is 1. The Morgan fingerprint density at radius 2 is 1.93 bits per heavy atom. The van der Waals surface area contributed by atoms with Crippen LogP contribution < -0.4 is 10.1 Å². The molecule has 0 unspecified atom stereocenters. The van der Waals surface area contributed by atoms with Gasteiger partial charge in [0, 0.05) is 36.8 Å². The number of carbonyl (C=O) groups excluding carboxylic acids is 2. The lowest BCUT2D eigenvalue weighted by Crippen LogP contribution is -2.34. The van der Waals surface area contributed by atoms with Crippen molar-refractivity contribution in [2.45, 2.75) is 0 Å². The lowest BCUT2D eigenvalue weighted by Gasteiger charge is -2.17. The van der Waals surface area contributed by atoms with Gasteiger partial charge in [0.05, 0.1) is 19.3 Å². The SMILES string of the molecule is COc1cccc(NC(=O)CN(C)C(=O)c2ccc(-n3cccn3)cc2)c1. The summed E-state index contributed by atoms with van der Waals surface area (Å²) in [5, 5.41) is 6.90. The molecule has 7 nitrogen and oxygen atoms in total. The average molecular weight is 364 g/mol. The number of carbonyl (C=O) groups is 2. The van der Waals surface area contributed by atoms with Gasteiger partial charge in [0.15, 0.2) is 0 Å². The quantitative estimate of drug-likeness (QED) is 0.729. The molecule has 0 saturated heterocycles. The van der Waals surface area contributed by atoms with Crippen molar-refractivity contribution in [1.29, 1.82) is 0 Å². The molecule has 1 heterocycles. The van der Waals surface area contributed by atoms with Gasteiger partial charge < -0.3 is 15.0 Å². The zero-order chi connectivity index (χ0) is 19.2. The fourth-order valence-electron chi connectivity index (χ4n) is 2.59. The van der Waals surface area contributed by atoms with Gasteiger partial charge in [-0.3, -0.25) is 9.59 Å². The summed E-state index contributed by atoms with van der Waals surface area (Å²) in [4.78, 5) is 26.1. The van der Waals surface area contributed by atoms with E-state index < -0.39 is 0 Å². The Morgan fingerprint density at radius 3 is 2.59 bits per heavy atom. The van der Waals surface area contributed by atoms with Crippen LogP contribution in [-0.2, 0) is 4.79 Å². The Hall–Kier alpha value is -3.61. The van der Waals surface area contributed by atoms with Crippen LogP contribution in [-0.4, -0.2) is 47.2 Å². The lowest BCUT2D eigenvalue weighted by atomic mass is 10.2. The second-order valence-corrected chi connectivity index (χ2v) is 5.94. The minimum atomic E-state index is -0.285. The highest BCUT2D eigenvalue weighted by atomic mass is 16.5. The summed E-state index contributed by atoms with van der Waals surface area (Å²) in [5.74, 6) is 0.129. The van der Waals surface area contributed by atoms with Crippen LogP contribution in [0.25, 0.3) is 5.69 Å². The molecule has 3 rings (SSSR count). The number of likely N-dealkylation sites (N-methyl/N-ethyl adjacent to an activating group) is 1. The highest BCUT2D eigenvalue weighted by Gasteiger charge is 2.15. The molecule has 0 atom stereocenters. The van der Waals surface area contributed by atoms with E-state index in [-0.39, 0.29) is 18.4 Å². The average Bonchev–Trinajstić information content (AvgIpc) is 3.22. The van der Waals surface area contributed by atoms with E-state index in [4.69, 9.17) is 4.74 Å². The van der Waals surface area contributed by atoms with Gasteiger partial charge in [-0.2, -0.15) is 5.10 Å². The van der Waals surface area contributed by atoms with E-state index in [1.54, 1.807) is 61.4 Å². The number of ether oxygens (including phenoxy) is 1. The Labute approximate surface area is 157 Å². The van der Waals surface area contributed by atoms with Gasteiger partial charge in [-0.05, 0) is 42.5 Å². The fraction of sp³-hybridized carbons (Fsp3) is 0.150. The lowest BCUT2D eigenvalue weighted by molar-refractivity contribution is -0.116. The number of benzene rings is 2. The first-order chi connectivity index (χ1) is 13.1. The zero-order valence-electron chi connectivity index (χ0n) is 15.1. The molecule has 0 saturated carbocycles. The topological polar surface area (TPSA) is 76.5 Å². The number of aromatic nitrogens is 2. The first-order valence-corrected chi connectivity index (χ1v) is 8.36. The van der Waals surface area contributed by atoms with Crippen molar-refractivity contribution in [1.82, 2.24) is 14.7 Å². The van der Waals surface area contributed by atoms with Gasteiger partial charge in [0.1, 0.15) is 5.75 Å². The summed E-state index contributed by atoms with van der Waals surface area (Å²) in [7, 11) is 3.15. The standard InChI is InChI=1S/C20H20N4O3/c1-23(14-19(25)22-16-5-3-6-18(13-16)27-2)20(26)15-7-9-17(10-8-15)24-12-4-11-21-24/h3-13H,14H2,1-2H3,(H,22,25).